The Morgan fingerprint density at radius 1 is 1.50 bits per heavy atom. The van der Waals surface area contributed by atoms with Crippen molar-refractivity contribution in [2.75, 3.05) is 20.7 Å². The summed E-state index contributed by atoms with van der Waals surface area (Å²) in [5.74, 6) is -0.461. The van der Waals surface area contributed by atoms with Gasteiger partial charge in [-0.05, 0) is 31.8 Å². The van der Waals surface area contributed by atoms with Crippen molar-refractivity contribution in [3.63, 3.8) is 0 Å². The highest BCUT2D eigenvalue weighted by atomic mass is 16.4. The molecule has 0 fully saturated rings. The molecular weight excluding hydrogens is 208 g/mol. The van der Waals surface area contributed by atoms with Gasteiger partial charge in [0.1, 0.15) is 0 Å². The quantitative estimate of drug-likeness (QED) is 0.802. The zero-order valence-corrected chi connectivity index (χ0v) is 9.23. The van der Waals surface area contributed by atoms with Crippen LogP contribution in [-0.2, 0) is 0 Å². The largest absolute Gasteiger partial charge is 0.417 e. The number of benzene rings is 1. The first kappa shape index (κ1) is 10.9. The number of oxazole rings is 1. The van der Waals surface area contributed by atoms with Gasteiger partial charge in [-0.25, -0.2) is 4.79 Å². The minimum absolute atomic E-state index is 0.0284. The van der Waals surface area contributed by atoms with Crippen LogP contribution in [0.2, 0.25) is 0 Å². The number of hydrogen-bond acceptors (Lipinski definition) is 4. The van der Waals surface area contributed by atoms with Crippen LogP contribution in [-0.4, -0.2) is 35.7 Å². The highest BCUT2D eigenvalue weighted by molar-refractivity contribution is 5.72. The second kappa shape index (κ2) is 4.11. The van der Waals surface area contributed by atoms with Crippen LogP contribution in [0, 0.1) is 0 Å². The Labute approximate surface area is 92.3 Å². The Bertz CT molecular complexity index is 541. The molecule has 2 rings (SSSR count). The first-order valence-corrected chi connectivity index (χ1v) is 5.02. The molecule has 1 aromatic heterocycles. The Morgan fingerprint density at radius 3 is 2.88 bits per heavy atom. The summed E-state index contributed by atoms with van der Waals surface area (Å²) in [6.45, 7) is 0.0284. The van der Waals surface area contributed by atoms with Gasteiger partial charge in [0.25, 0.3) is 0 Å². The highest BCUT2D eigenvalue weighted by Gasteiger charge is 2.14. The van der Waals surface area contributed by atoms with E-state index in [-0.39, 0.29) is 12.6 Å². The van der Waals surface area contributed by atoms with Crippen LogP contribution >= 0.6 is 0 Å². The fourth-order valence-corrected chi connectivity index (χ4v) is 1.74. The lowest BCUT2D eigenvalue weighted by Crippen LogP contribution is -2.22. The van der Waals surface area contributed by atoms with Crippen LogP contribution in [0.4, 0.5) is 0 Å². The third-order valence-electron chi connectivity index (χ3n) is 2.62. The van der Waals surface area contributed by atoms with Crippen LogP contribution in [0.1, 0.15) is 11.6 Å². The molecule has 16 heavy (non-hydrogen) atoms. The first-order chi connectivity index (χ1) is 7.61. The van der Waals surface area contributed by atoms with Crippen molar-refractivity contribution in [1.29, 1.82) is 0 Å². The molecule has 2 N–H and O–H groups in total. The lowest BCUT2D eigenvalue weighted by Gasteiger charge is -2.22. The number of nitrogens with zero attached hydrogens (tertiary/aromatic N) is 1. The highest BCUT2D eigenvalue weighted by Crippen LogP contribution is 2.21. The molecule has 0 saturated heterocycles. The maximum atomic E-state index is 11.0. The van der Waals surface area contributed by atoms with Crippen LogP contribution < -0.4 is 5.76 Å². The van der Waals surface area contributed by atoms with Gasteiger partial charge >= 0.3 is 5.76 Å². The van der Waals surface area contributed by atoms with E-state index >= 15 is 0 Å². The van der Waals surface area contributed by atoms with Crippen molar-refractivity contribution in [3.8, 4) is 0 Å². The van der Waals surface area contributed by atoms with Gasteiger partial charge in [-0.2, -0.15) is 0 Å². The molecule has 0 aliphatic heterocycles. The standard InChI is InChI=1S/C11H14N2O3/c1-13(2)9(6-14)7-3-4-10-8(5-7)12-11(15)16-10/h3-5,9,14H,6H2,1-2H3,(H,12,15). The summed E-state index contributed by atoms with van der Waals surface area (Å²) in [5.41, 5.74) is 2.13. The number of H-pyrrole nitrogens is 1. The minimum Gasteiger partial charge on any atom is -0.408 e. The summed E-state index contributed by atoms with van der Waals surface area (Å²) in [4.78, 5) is 15.5. The molecule has 0 bridgehead atoms. The molecule has 1 aromatic carbocycles. The normalized spacial score (nSPS) is 13.5. The lowest BCUT2D eigenvalue weighted by atomic mass is 10.1. The average molecular weight is 222 g/mol. The summed E-state index contributed by atoms with van der Waals surface area (Å²) in [6.07, 6.45) is 0. The molecule has 0 amide bonds. The van der Waals surface area contributed by atoms with Gasteiger partial charge in [0.15, 0.2) is 5.58 Å². The molecule has 1 unspecified atom stereocenters. The van der Waals surface area contributed by atoms with Crippen molar-refractivity contribution in [2.45, 2.75) is 6.04 Å². The summed E-state index contributed by atoms with van der Waals surface area (Å²) in [5, 5.41) is 9.29. The SMILES string of the molecule is CN(C)C(CO)c1ccc2oc(=O)[nH]c2c1. The fourth-order valence-electron chi connectivity index (χ4n) is 1.74. The predicted octanol–water partition coefficient (Wildman–Crippen LogP) is 0.716. The van der Waals surface area contributed by atoms with Crippen molar-refractivity contribution in [3.05, 3.63) is 34.3 Å². The fraction of sp³-hybridized carbons (Fsp3) is 0.364. The number of aromatic nitrogens is 1. The Balaban J connectivity index is 2.48. The third kappa shape index (κ3) is 1.87. The molecule has 0 radical (unpaired) electrons. The van der Waals surface area contributed by atoms with E-state index in [1.807, 2.05) is 31.1 Å². The van der Waals surface area contributed by atoms with E-state index in [0.717, 1.165) is 5.56 Å². The zero-order valence-electron chi connectivity index (χ0n) is 9.23. The van der Waals surface area contributed by atoms with Crippen molar-refractivity contribution >= 4 is 11.1 Å². The number of likely N-dealkylation sites (N-methyl/N-ethyl adjacent to an activating group) is 1. The number of aromatic amines is 1. The molecule has 2 aromatic rings. The number of aliphatic hydroxyl groups excluding tert-OH is 1. The third-order valence-corrected chi connectivity index (χ3v) is 2.62. The number of rotatable bonds is 3. The van der Waals surface area contributed by atoms with E-state index in [2.05, 4.69) is 4.98 Å². The molecule has 5 nitrogen and oxygen atoms in total. The van der Waals surface area contributed by atoms with Crippen LogP contribution in [0.25, 0.3) is 11.1 Å². The predicted molar refractivity (Wildman–Crippen MR) is 60.3 cm³/mol. The van der Waals surface area contributed by atoms with Gasteiger partial charge in [0.05, 0.1) is 18.2 Å². The molecule has 0 aliphatic carbocycles. The molecule has 0 aliphatic rings. The van der Waals surface area contributed by atoms with Gasteiger partial charge in [-0.1, -0.05) is 6.07 Å². The van der Waals surface area contributed by atoms with E-state index < -0.39 is 5.76 Å². The number of aliphatic hydroxyl groups is 1. The summed E-state index contributed by atoms with van der Waals surface area (Å²) in [6, 6.07) is 5.32. The second-order valence-electron chi connectivity index (χ2n) is 3.93. The Morgan fingerprint density at radius 2 is 2.25 bits per heavy atom. The smallest absolute Gasteiger partial charge is 0.408 e. The van der Waals surface area contributed by atoms with Crippen LogP contribution in [0.15, 0.2) is 27.4 Å². The van der Waals surface area contributed by atoms with Gasteiger partial charge in [0, 0.05) is 0 Å². The summed E-state index contributed by atoms with van der Waals surface area (Å²) >= 11 is 0. The second-order valence-corrected chi connectivity index (χ2v) is 3.93. The van der Waals surface area contributed by atoms with Gasteiger partial charge in [-0.3, -0.25) is 4.98 Å². The van der Waals surface area contributed by atoms with Gasteiger partial charge in [0.2, 0.25) is 0 Å². The molecule has 0 saturated carbocycles. The first-order valence-electron chi connectivity index (χ1n) is 5.02. The topological polar surface area (TPSA) is 69.5 Å². The van der Waals surface area contributed by atoms with Crippen molar-refractivity contribution in [2.24, 2.45) is 0 Å². The lowest BCUT2D eigenvalue weighted by molar-refractivity contribution is 0.171. The van der Waals surface area contributed by atoms with Crippen LogP contribution in [0.5, 0.6) is 0 Å². The molecule has 86 valence electrons. The summed E-state index contributed by atoms with van der Waals surface area (Å²) in [7, 11) is 3.78. The summed E-state index contributed by atoms with van der Waals surface area (Å²) < 4.78 is 4.91. The number of nitrogens with one attached hydrogen (secondary N) is 1. The van der Waals surface area contributed by atoms with E-state index in [9.17, 15) is 9.90 Å². The molecule has 1 heterocycles. The van der Waals surface area contributed by atoms with E-state index in [1.165, 1.54) is 0 Å². The number of hydrogen-bond donors (Lipinski definition) is 2. The van der Waals surface area contributed by atoms with Crippen molar-refractivity contribution < 1.29 is 9.52 Å². The number of fused-ring (bicyclic) bond motifs is 1. The van der Waals surface area contributed by atoms with Crippen molar-refractivity contribution in [1.82, 2.24) is 9.88 Å². The Kier molecular flexibility index (Phi) is 2.80. The van der Waals surface area contributed by atoms with Gasteiger partial charge in [-0.15, -0.1) is 0 Å². The minimum atomic E-state index is -0.461. The molecule has 0 spiro atoms. The average Bonchev–Trinajstić information content (AvgIpc) is 2.57. The van der Waals surface area contributed by atoms with E-state index in [1.54, 1.807) is 6.07 Å². The van der Waals surface area contributed by atoms with E-state index in [4.69, 9.17) is 4.42 Å². The molecule has 1 atom stereocenters. The molecular formula is C11H14N2O3. The monoisotopic (exact) mass is 222 g/mol. The van der Waals surface area contributed by atoms with E-state index in [0.29, 0.717) is 11.1 Å². The zero-order chi connectivity index (χ0) is 11.7. The molecule has 5 heteroatoms. The van der Waals surface area contributed by atoms with Crippen LogP contribution in [0.3, 0.4) is 0 Å². The maximum absolute atomic E-state index is 11.0. The maximum Gasteiger partial charge on any atom is 0.417 e. The van der Waals surface area contributed by atoms with Gasteiger partial charge < -0.3 is 14.4 Å². The Hall–Kier alpha value is -1.59.